The molecular weight excluding hydrogens is 142 g/mol. The van der Waals surface area contributed by atoms with Crippen LogP contribution in [-0.2, 0) is 4.79 Å². The molecular formula is C8H7NO2. The molecule has 0 aliphatic carbocycles. The Morgan fingerprint density at radius 3 is 2.64 bits per heavy atom. The Hall–Kier alpha value is -1.64. The Morgan fingerprint density at radius 2 is 2.09 bits per heavy atom. The zero-order valence-electron chi connectivity index (χ0n) is 5.77. The first kappa shape index (κ1) is 7.47. The van der Waals surface area contributed by atoms with Gasteiger partial charge in [0.1, 0.15) is 0 Å². The summed E-state index contributed by atoms with van der Waals surface area (Å²) >= 11 is 0. The number of hydrogen-bond acceptors (Lipinski definition) is 2. The zero-order chi connectivity index (χ0) is 8.10. The fourth-order valence-corrected chi connectivity index (χ4v) is 0.642. The van der Waals surface area contributed by atoms with Crippen LogP contribution in [0.15, 0.2) is 30.6 Å². The minimum absolute atomic E-state index is 0.836. The number of nitrogens with zero attached hydrogens (tertiary/aromatic N) is 1. The van der Waals surface area contributed by atoms with E-state index in [1.165, 1.54) is 6.08 Å². The van der Waals surface area contributed by atoms with E-state index < -0.39 is 5.97 Å². The molecule has 0 spiro atoms. The van der Waals surface area contributed by atoms with Crippen LogP contribution in [-0.4, -0.2) is 16.1 Å². The molecule has 56 valence electrons. The Kier molecular flexibility index (Phi) is 2.38. The average molecular weight is 149 g/mol. The number of rotatable bonds is 2. The molecule has 1 rings (SSSR count). The molecule has 1 aromatic rings. The lowest BCUT2D eigenvalue weighted by atomic mass is 10.2. The van der Waals surface area contributed by atoms with E-state index in [0.29, 0.717) is 0 Å². The van der Waals surface area contributed by atoms with Gasteiger partial charge in [0.25, 0.3) is 0 Å². The fourth-order valence-electron chi connectivity index (χ4n) is 0.642. The van der Waals surface area contributed by atoms with Crippen LogP contribution in [0.3, 0.4) is 0 Å². The van der Waals surface area contributed by atoms with Crippen LogP contribution in [0.4, 0.5) is 0 Å². The van der Waals surface area contributed by atoms with Crippen LogP contribution >= 0.6 is 0 Å². The Morgan fingerprint density at radius 1 is 1.45 bits per heavy atom. The van der Waals surface area contributed by atoms with Crippen LogP contribution in [0.5, 0.6) is 0 Å². The highest BCUT2D eigenvalue weighted by atomic mass is 16.4. The van der Waals surface area contributed by atoms with E-state index in [1.54, 1.807) is 24.5 Å². The molecule has 0 fully saturated rings. The second-order valence-electron chi connectivity index (χ2n) is 1.95. The van der Waals surface area contributed by atoms with Crippen molar-refractivity contribution in [3.63, 3.8) is 0 Å². The molecule has 0 saturated carbocycles. The number of carboxylic acid groups (broad SMARTS) is 1. The maximum Gasteiger partial charge on any atom is 0.328 e. The number of aromatic nitrogens is 1. The van der Waals surface area contributed by atoms with Gasteiger partial charge < -0.3 is 5.11 Å². The zero-order valence-corrected chi connectivity index (χ0v) is 5.77. The highest BCUT2D eigenvalue weighted by molar-refractivity contribution is 5.85. The van der Waals surface area contributed by atoms with Gasteiger partial charge in [-0.25, -0.2) is 4.79 Å². The predicted octanol–water partition coefficient (Wildman–Crippen LogP) is 1.18. The summed E-state index contributed by atoms with van der Waals surface area (Å²) < 4.78 is 0. The van der Waals surface area contributed by atoms with Crippen molar-refractivity contribution in [3.05, 3.63) is 36.2 Å². The van der Waals surface area contributed by atoms with E-state index in [-0.39, 0.29) is 0 Å². The smallest absolute Gasteiger partial charge is 0.328 e. The van der Waals surface area contributed by atoms with E-state index in [9.17, 15) is 4.79 Å². The van der Waals surface area contributed by atoms with Crippen molar-refractivity contribution in [1.82, 2.24) is 4.98 Å². The third-order valence-electron chi connectivity index (χ3n) is 1.12. The summed E-state index contributed by atoms with van der Waals surface area (Å²) in [6.45, 7) is 0. The molecule has 0 bridgehead atoms. The molecule has 0 atom stereocenters. The van der Waals surface area contributed by atoms with E-state index in [4.69, 9.17) is 5.11 Å². The van der Waals surface area contributed by atoms with Gasteiger partial charge in [0.2, 0.25) is 0 Å². The number of carbonyl (C=O) groups is 1. The Bertz CT molecular complexity index is 267. The monoisotopic (exact) mass is 149 g/mol. The third kappa shape index (κ3) is 2.62. The molecule has 11 heavy (non-hydrogen) atoms. The van der Waals surface area contributed by atoms with E-state index in [0.717, 1.165) is 11.6 Å². The van der Waals surface area contributed by atoms with E-state index >= 15 is 0 Å². The molecule has 0 aliphatic heterocycles. The van der Waals surface area contributed by atoms with Crippen molar-refractivity contribution in [2.75, 3.05) is 0 Å². The molecule has 0 aliphatic rings. The van der Waals surface area contributed by atoms with Crippen molar-refractivity contribution in [2.24, 2.45) is 0 Å². The summed E-state index contributed by atoms with van der Waals surface area (Å²) in [6, 6.07) is 3.47. The van der Waals surface area contributed by atoms with Gasteiger partial charge in [-0.15, -0.1) is 0 Å². The number of hydrogen-bond donors (Lipinski definition) is 1. The van der Waals surface area contributed by atoms with Gasteiger partial charge in [-0.1, -0.05) is 0 Å². The van der Waals surface area contributed by atoms with Crippen molar-refractivity contribution in [3.8, 4) is 0 Å². The van der Waals surface area contributed by atoms with Gasteiger partial charge in [-0.3, -0.25) is 4.98 Å². The topological polar surface area (TPSA) is 50.2 Å². The van der Waals surface area contributed by atoms with Gasteiger partial charge in [-0.05, 0) is 23.8 Å². The first-order chi connectivity index (χ1) is 5.29. The molecule has 0 radical (unpaired) electrons. The third-order valence-corrected chi connectivity index (χ3v) is 1.12. The fraction of sp³-hybridized carbons (Fsp3) is 0. The SMILES string of the molecule is O=C(O)/C=C\c1ccncc1. The van der Waals surface area contributed by atoms with Crippen LogP contribution in [0.2, 0.25) is 0 Å². The molecule has 0 amide bonds. The van der Waals surface area contributed by atoms with E-state index in [2.05, 4.69) is 4.98 Å². The highest BCUT2D eigenvalue weighted by Crippen LogP contribution is 1.97. The quantitative estimate of drug-likeness (QED) is 0.642. The van der Waals surface area contributed by atoms with Crippen molar-refractivity contribution < 1.29 is 9.90 Å². The number of pyridine rings is 1. The van der Waals surface area contributed by atoms with E-state index in [1.807, 2.05) is 0 Å². The van der Waals surface area contributed by atoms with Gasteiger partial charge in [0, 0.05) is 18.5 Å². The van der Waals surface area contributed by atoms with Crippen LogP contribution in [0, 0.1) is 0 Å². The minimum Gasteiger partial charge on any atom is -0.478 e. The van der Waals surface area contributed by atoms with Crippen LogP contribution < -0.4 is 0 Å². The maximum absolute atomic E-state index is 10.1. The largest absolute Gasteiger partial charge is 0.478 e. The second-order valence-corrected chi connectivity index (χ2v) is 1.95. The summed E-state index contributed by atoms with van der Waals surface area (Å²) in [4.78, 5) is 13.9. The standard InChI is InChI=1S/C8H7NO2/c10-8(11)2-1-7-3-5-9-6-4-7/h1-6H,(H,10,11)/b2-1-. The van der Waals surface area contributed by atoms with Crippen molar-refractivity contribution in [1.29, 1.82) is 0 Å². The first-order valence-corrected chi connectivity index (χ1v) is 3.10. The Labute approximate surface area is 64.0 Å². The summed E-state index contributed by atoms with van der Waals surface area (Å²) in [5.41, 5.74) is 0.836. The molecule has 1 heterocycles. The summed E-state index contributed by atoms with van der Waals surface area (Å²) in [7, 11) is 0. The van der Waals surface area contributed by atoms with Gasteiger partial charge in [0.15, 0.2) is 0 Å². The highest BCUT2D eigenvalue weighted by Gasteiger charge is 1.86. The molecule has 3 nitrogen and oxygen atoms in total. The maximum atomic E-state index is 10.1. The van der Waals surface area contributed by atoms with Crippen LogP contribution in [0.25, 0.3) is 6.08 Å². The second kappa shape index (κ2) is 3.51. The average Bonchev–Trinajstić information content (AvgIpc) is 2.03. The first-order valence-electron chi connectivity index (χ1n) is 3.10. The van der Waals surface area contributed by atoms with Gasteiger partial charge in [-0.2, -0.15) is 0 Å². The number of carboxylic acids is 1. The van der Waals surface area contributed by atoms with Crippen molar-refractivity contribution >= 4 is 12.0 Å². The summed E-state index contributed by atoms with van der Waals surface area (Å²) in [5.74, 6) is -0.943. The molecule has 0 unspecified atom stereocenters. The summed E-state index contributed by atoms with van der Waals surface area (Å²) in [5, 5.41) is 8.27. The molecule has 3 heteroatoms. The van der Waals surface area contributed by atoms with Crippen molar-refractivity contribution in [2.45, 2.75) is 0 Å². The minimum atomic E-state index is -0.943. The Balaban J connectivity index is 2.72. The lowest BCUT2D eigenvalue weighted by Crippen LogP contribution is -1.85. The lowest BCUT2D eigenvalue weighted by molar-refractivity contribution is -0.131. The number of aliphatic carboxylic acids is 1. The van der Waals surface area contributed by atoms with Crippen LogP contribution in [0.1, 0.15) is 5.56 Å². The lowest BCUT2D eigenvalue weighted by Gasteiger charge is -1.87. The normalized spacial score (nSPS) is 10.2. The molecule has 1 N–H and O–H groups in total. The van der Waals surface area contributed by atoms with Gasteiger partial charge >= 0.3 is 5.97 Å². The predicted molar refractivity (Wildman–Crippen MR) is 40.9 cm³/mol. The summed E-state index contributed by atoms with van der Waals surface area (Å²) in [6.07, 6.45) is 5.84. The van der Waals surface area contributed by atoms with Gasteiger partial charge in [0.05, 0.1) is 0 Å². The molecule has 0 aromatic carbocycles. The molecule has 1 aromatic heterocycles. The molecule has 0 saturated heterocycles.